The van der Waals surface area contributed by atoms with Crippen molar-refractivity contribution in [3.63, 3.8) is 0 Å². The van der Waals surface area contributed by atoms with Crippen molar-refractivity contribution in [1.29, 1.82) is 0 Å². The zero-order chi connectivity index (χ0) is 21.9. The highest BCUT2D eigenvalue weighted by molar-refractivity contribution is 7.90. The van der Waals surface area contributed by atoms with Gasteiger partial charge in [-0.3, -0.25) is 9.69 Å². The highest BCUT2D eigenvalue weighted by Crippen LogP contribution is 2.25. The van der Waals surface area contributed by atoms with Crippen LogP contribution in [0, 0.1) is 12.7 Å². The Bertz CT molecular complexity index is 1010. The fraction of sp³-hybridized carbons (Fsp3) is 0.435. The standard InChI is InChI=1S/C23H29FN2O3S/c1-16(2)26-11-7-10-20(15-26)30(28,29)25-14-22(27)21-13-19(12-17(3)23(21)24)18-8-5-4-6-9-18/h4-6,8-9,12-13,16,20,25H,7,10-11,14-15H2,1-3H3. The summed E-state index contributed by atoms with van der Waals surface area (Å²) in [6, 6.07) is 12.8. The number of sulfonamides is 1. The number of aryl methyl sites for hydroxylation is 1. The lowest BCUT2D eigenvalue weighted by molar-refractivity contribution is 0.0992. The van der Waals surface area contributed by atoms with Crippen LogP contribution in [0.3, 0.4) is 0 Å². The summed E-state index contributed by atoms with van der Waals surface area (Å²) in [7, 11) is -3.67. The number of rotatable bonds is 7. The van der Waals surface area contributed by atoms with E-state index >= 15 is 0 Å². The summed E-state index contributed by atoms with van der Waals surface area (Å²) in [5, 5.41) is -0.566. The van der Waals surface area contributed by atoms with Gasteiger partial charge in [0.25, 0.3) is 0 Å². The van der Waals surface area contributed by atoms with Crippen LogP contribution in [0.2, 0.25) is 0 Å². The molecule has 1 atom stereocenters. The third-order valence-corrected chi connectivity index (χ3v) is 7.48. The van der Waals surface area contributed by atoms with Gasteiger partial charge in [0, 0.05) is 12.6 Å². The zero-order valence-electron chi connectivity index (χ0n) is 17.7. The Labute approximate surface area is 178 Å². The van der Waals surface area contributed by atoms with Gasteiger partial charge in [0.1, 0.15) is 5.82 Å². The zero-order valence-corrected chi connectivity index (χ0v) is 18.5. The summed E-state index contributed by atoms with van der Waals surface area (Å²) < 4.78 is 42.6. The molecule has 1 N–H and O–H groups in total. The summed E-state index contributed by atoms with van der Waals surface area (Å²) in [5.41, 5.74) is 1.85. The van der Waals surface area contributed by atoms with E-state index in [9.17, 15) is 17.6 Å². The van der Waals surface area contributed by atoms with Crippen molar-refractivity contribution in [2.75, 3.05) is 19.6 Å². The number of carbonyl (C=O) groups is 1. The van der Waals surface area contributed by atoms with E-state index in [-0.39, 0.29) is 11.6 Å². The van der Waals surface area contributed by atoms with Crippen LogP contribution in [0.15, 0.2) is 42.5 Å². The average molecular weight is 433 g/mol. The molecule has 0 radical (unpaired) electrons. The molecule has 2 aromatic rings. The molecule has 5 nitrogen and oxygen atoms in total. The third kappa shape index (κ3) is 5.14. The van der Waals surface area contributed by atoms with Crippen LogP contribution in [-0.4, -0.2) is 50.0 Å². The number of hydrogen-bond acceptors (Lipinski definition) is 4. The van der Waals surface area contributed by atoms with E-state index in [4.69, 9.17) is 0 Å². The molecule has 0 aliphatic carbocycles. The molecule has 1 aliphatic heterocycles. The molecule has 2 aromatic carbocycles. The van der Waals surface area contributed by atoms with Gasteiger partial charge in [-0.15, -0.1) is 0 Å². The van der Waals surface area contributed by atoms with E-state index in [1.54, 1.807) is 13.0 Å². The van der Waals surface area contributed by atoms with E-state index in [0.29, 0.717) is 18.5 Å². The number of likely N-dealkylation sites (tertiary alicyclic amines) is 1. The van der Waals surface area contributed by atoms with Crippen LogP contribution >= 0.6 is 0 Å². The maximum Gasteiger partial charge on any atom is 0.216 e. The number of benzene rings is 2. The van der Waals surface area contributed by atoms with Crippen molar-refractivity contribution in [2.45, 2.75) is 44.9 Å². The number of nitrogens with zero attached hydrogens (tertiary/aromatic N) is 1. The van der Waals surface area contributed by atoms with Gasteiger partial charge in [0.2, 0.25) is 10.0 Å². The minimum atomic E-state index is -3.67. The third-order valence-electron chi connectivity index (χ3n) is 5.67. The summed E-state index contributed by atoms with van der Waals surface area (Å²) in [6.45, 7) is 6.55. The van der Waals surface area contributed by atoms with E-state index in [2.05, 4.69) is 9.62 Å². The average Bonchev–Trinajstić information content (AvgIpc) is 2.74. The van der Waals surface area contributed by atoms with Crippen LogP contribution in [0.4, 0.5) is 4.39 Å². The SMILES string of the molecule is Cc1cc(-c2ccccc2)cc(C(=O)CNS(=O)(=O)C2CCCN(C(C)C)C2)c1F. The lowest BCUT2D eigenvalue weighted by atomic mass is 9.98. The molecular formula is C23H29FN2O3S. The first-order valence-corrected chi connectivity index (χ1v) is 11.8. The second kappa shape index (κ2) is 9.37. The van der Waals surface area contributed by atoms with Crippen molar-refractivity contribution in [2.24, 2.45) is 0 Å². The van der Waals surface area contributed by atoms with Gasteiger partial charge < -0.3 is 0 Å². The first kappa shape index (κ1) is 22.6. The summed E-state index contributed by atoms with van der Waals surface area (Å²) in [5.74, 6) is -1.18. The number of ketones is 1. The minimum absolute atomic E-state index is 0.0935. The minimum Gasteiger partial charge on any atom is -0.300 e. The van der Waals surface area contributed by atoms with E-state index in [1.807, 2.05) is 44.2 Å². The number of Topliss-reactive ketones (excluding diaryl/α,β-unsaturated/α-hetero) is 1. The normalized spacial score (nSPS) is 18.0. The van der Waals surface area contributed by atoms with Crippen molar-refractivity contribution < 1.29 is 17.6 Å². The maximum atomic E-state index is 14.7. The van der Waals surface area contributed by atoms with Gasteiger partial charge in [0.05, 0.1) is 17.4 Å². The molecular weight excluding hydrogens is 403 g/mol. The maximum absolute atomic E-state index is 14.7. The van der Waals surface area contributed by atoms with Crippen molar-refractivity contribution in [1.82, 2.24) is 9.62 Å². The smallest absolute Gasteiger partial charge is 0.216 e. The topological polar surface area (TPSA) is 66.5 Å². The second-order valence-corrected chi connectivity index (χ2v) is 10.2. The molecule has 1 saturated heterocycles. The summed E-state index contributed by atoms with van der Waals surface area (Å²) in [4.78, 5) is 14.9. The number of hydrogen-bond donors (Lipinski definition) is 1. The molecule has 0 bridgehead atoms. The van der Waals surface area contributed by atoms with Crippen LogP contribution in [0.5, 0.6) is 0 Å². The van der Waals surface area contributed by atoms with Gasteiger partial charge in [-0.05, 0) is 69.0 Å². The van der Waals surface area contributed by atoms with Crippen LogP contribution in [0.25, 0.3) is 11.1 Å². The van der Waals surface area contributed by atoms with Gasteiger partial charge >= 0.3 is 0 Å². The molecule has 1 fully saturated rings. The molecule has 0 amide bonds. The van der Waals surface area contributed by atoms with Gasteiger partial charge in [-0.25, -0.2) is 17.5 Å². The second-order valence-electron chi connectivity index (χ2n) is 8.16. The molecule has 0 spiro atoms. The first-order chi connectivity index (χ1) is 14.2. The Morgan fingerprint density at radius 2 is 1.90 bits per heavy atom. The molecule has 1 unspecified atom stereocenters. The fourth-order valence-corrected chi connectivity index (χ4v) is 5.27. The van der Waals surface area contributed by atoms with E-state index in [1.165, 1.54) is 6.07 Å². The van der Waals surface area contributed by atoms with Gasteiger partial charge in [0.15, 0.2) is 5.78 Å². The highest BCUT2D eigenvalue weighted by atomic mass is 32.2. The predicted molar refractivity (Wildman–Crippen MR) is 118 cm³/mol. The Hall–Kier alpha value is -2.09. The monoisotopic (exact) mass is 432 g/mol. The summed E-state index contributed by atoms with van der Waals surface area (Å²) >= 11 is 0. The predicted octanol–water partition coefficient (Wildman–Crippen LogP) is 3.78. The number of nitrogens with one attached hydrogen (secondary N) is 1. The van der Waals surface area contributed by atoms with Crippen molar-refractivity contribution >= 4 is 15.8 Å². The molecule has 1 heterocycles. The largest absolute Gasteiger partial charge is 0.300 e. The molecule has 0 aromatic heterocycles. The summed E-state index contributed by atoms with van der Waals surface area (Å²) in [6.07, 6.45) is 1.36. The molecule has 7 heteroatoms. The lowest BCUT2D eigenvalue weighted by Crippen LogP contribution is -2.49. The Morgan fingerprint density at radius 1 is 1.20 bits per heavy atom. The number of piperidine rings is 1. The Kier molecular flexibility index (Phi) is 7.06. The molecule has 1 aliphatic rings. The Morgan fingerprint density at radius 3 is 2.57 bits per heavy atom. The number of carbonyl (C=O) groups excluding carboxylic acids is 1. The first-order valence-electron chi connectivity index (χ1n) is 10.3. The molecule has 30 heavy (non-hydrogen) atoms. The van der Waals surface area contributed by atoms with Gasteiger partial charge in [-0.1, -0.05) is 30.3 Å². The van der Waals surface area contributed by atoms with Crippen LogP contribution < -0.4 is 4.72 Å². The molecule has 0 saturated carbocycles. The highest BCUT2D eigenvalue weighted by Gasteiger charge is 2.32. The van der Waals surface area contributed by atoms with Crippen LogP contribution in [-0.2, 0) is 10.0 Å². The van der Waals surface area contributed by atoms with Crippen molar-refractivity contribution in [3.8, 4) is 11.1 Å². The Balaban J connectivity index is 1.75. The lowest BCUT2D eigenvalue weighted by Gasteiger charge is -2.34. The fourth-order valence-electron chi connectivity index (χ4n) is 3.84. The molecule has 3 rings (SSSR count). The number of halogens is 1. The van der Waals surface area contributed by atoms with Crippen LogP contribution in [0.1, 0.15) is 42.6 Å². The van der Waals surface area contributed by atoms with E-state index in [0.717, 1.165) is 24.1 Å². The van der Waals surface area contributed by atoms with E-state index < -0.39 is 33.4 Å². The van der Waals surface area contributed by atoms with Gasteiger partial charge in [-0.2, -0.15) is 0 Å². The van der Waals surface area contributed by atoms with Crippen molar-refractivity contribution in [3.05, 3.63) is 59.4 Å². The molecule has 162 valence electrons. The quantitative estimate of drug-likeness (QED) is 0.677.